The van der Waals surface area contributed by atoms with Crippen LogP contribution in [0.15, 0.2) is 85.1 Å². The Hall–Kier alpha value is -2.81. The summed E-state index contributed by atoms with van der Waals surface area (Å²) in [6, 6.07) is 0. The van der Waals surface area contributed by atoms with E-state index in [0.717, 1.165) is 57.8 Å². The van der Waals surface area contributed by atoms with E-state index in [-0.39, 0.29) is 25.6 Å². The second-order valence-corrected chi connectivity index (χ2v) is 14.4. The standard InChI is InChI=1S/C43H71O9P/c1-3-4-5-6-7-8-9-10-11-12-15-19-22-25-28-31-34-37-43(46)52-41(39-51-53(47,48)49)38-50-42(45)36-33-30-27-24-21-18-16-13-14-17-20-23-26-29-32-35-40(2)44/h10-11,14-19,23-28,40-41,44H,3-9,12-13,20-22,29-39H2,1-2H3,(H2,47,48,49)/b11-10-,17-14-,18-16-,19-15-,26-23-,27-24-,28-25-/t40-,41-/m1/s1. The van der Waals surface area contributed by atoms with Gasteiger partial charge in [0.25, 0.3) is 0 Å². The Morgan fingerprint density at radius 1 is 0.566 bits per heavy atom. The number of hydrogen-bond acceptors (Lipinski definition) is 7. The van der Waals surface area contributed by atoms with Gasteiger partial charge in [0.1, 0.15) is 6.61 Å². The number of rotatable bonds is 35. The molecule has 3 N–H and O–H groups in total. The molecule has 0 spiro atoms. The van der Waals surface area contributed by atoms with Crippen LogP contribution in [0.1, 0.15) is 149 Å². The Morgan fingerprint density at radius 2 is 0.981 bits per heavy atom. The summed E-state index contributed by atoms with van der Waals surface area (Å²) in [5.74, 6) is -1.04. The summed E-state index contributed by atoms with van der Waals surface area (Å²) in [6.07, 6.45) is 47.3. The van der Waals surface area contributed by atoms with E-state index < -0.39 is 32.5 Å². The van der Waals surface area contributed by atoms with Gasteiger partial charge in [-0.15, -0.1) is 0 Å². The minimum Gasteiger partial charge on any atom is -0.462 e. The van der Waals surface area contributed by atoms with Crippen LogP contribution in [0.3, 0.4) is 0 Å². The van der Waals surface area contributed by atoms with Crippen molar-refractivity contribution >= 4 is 19.8 Å². The van der Waals surface area contributed by atoms with E-state index in [1.807, 2.05) is 25.2 Å². The van der Waals surface area contributed by atoms with Crippen LogP contribution in [-0.2, 0) is 28.2 Å². The quantitative estimate of drug-likeness (QED) is 0.0249. The maximum atomic E-state index is 12.4. The van der Waals surface area contributed by atoms with Crippen molar-refractivity contribution < 1.29 is 43.0 Å². The molecule has 0 aliphatic carbocycles. The molecule has 0 fully saturated rings. The van der Waals surface area contributed by atoms with Crippen LogP contribution < -0.4 is 0 Å². The molecule has 0 bridgehead atoms. The van der Waals surface area contributed by atoms with E-state index in [2.05, 4.69) is 78.3 Å². The molecule has 0 amide bonds. The molecule has 53 heavy (non-hydrogen) atoms. The van der Waals surface area contributed by atoms with Gasteiger partial charge in [-0.2, -0.15) is 0 Å². The van der Waals surface area contributed by atoms with Crippen LogP contribution in [-0.4, -0.2) is 52.3 Å². The third-order valence-electron chi connectivity index (χ3n) is 7.90. The normalized spacial score (nSPS) is 14.0. The van der Waals surface area contributed by atoms with Gasteiger partial charge in [0, 0.05) is 12.8 Å². The molecule has 0 aliphatic rings. The molecule has 0 heterocycles. The first-order valence-electron chi connectivity index (χ1n) is 19.9. The van der Waals surface area contributed by atoms with Gasteiger partial charge in [-0.1, -0.05) is 124 Å². The third kappa shape index (κ3) is 41.8. The summed E-state index contributed by atoms with van der Waals surface area (Å²) < 4.78 is 26.2. The molecule has 0 aromatic carbocycles. The van der Waals surface area contributed by atoms with Crippen LogP contribution in [0.4, 0.5) is 0 Å². The first kappa shape index (κ1) is 50.2. The molecule has 0 aromatic heterocycles. The Kier molecular flexibility index (Phi) is 35.5. The monoisotopic (exact) mass is 762 g/mol. The minimum absolute atomic E-state index is 0.118. The molecule has 2 atom stereocenters. The molecule has 0 saturated carbocycles. The number of allylic oxidation sites excluding steroid dienone is 14. The van der Waals surface area contributed by atoms with Gasteiger partial charge in [0.2, 0.25) is 0 Å². The molecular weight excluding hydrogens is 691 g/mol. The summed E-state index contributed by atoms with van der Waals surface area (Å²) >= 11 is 0. The summed E-state index contributed by atoms with van der Waals surface area (Å²) in [6.45, 7) is 3.12. The maximum Gasteiger partial charge on any atom is 0.469 e. The molecule has 0 unspecified atom stereocenters. The highest BCUT2D eigenvalue weighted by Crippen LogP contribution is 2.35. The molecule has 0 aliphatic heterocycles. The SMILES string of the molecule is CCCCCCCC/C=C\C/C=C\C/C=C\CCCC(=O)O[C@H](COC(=O)CCC/C=C\C/C=C\C/C=C\C/C=C\CCC[C@@H](C)O)COP(=O)(O)O. The highest BCUT2D eigenvalue weighted by molar-refractivity contribution is 7.46. The number of carbonyl (C=O) groups is 2. The molecule has 0 rings (SSSR count). The lowest BCUT2D eigenvalue weighted by atomic mass is 10.1. The van der Waals surface area contributed by atoms with E-state index in [1.165, 1.54) is 38.5 Å². The average Bonchev–Trinajstić information content (AvgIpc) is 3.11. The van der Waals surface area contributed by atoms with Gasteiger partial charge < -0.3 is 24.4 Å². The van der Waals surface area contributed by atoms with Gasteiger partial charge in [0.05, 0.1) is 12.7 Å². The number of aliphatic hydroxyl groups is 1. The maximum absolute atomic E-state index is 12.4. The summed E-state index contributed by atoms with van der Waals surface area (Å²) in [7, 11) is -4.79. The highest BCUT2D eigenvalue weighted by Gasteiger charge is 2.22. The van der Waals surface area contributed by atoms with Gasteiger partial charge in [0.15, 0.2) is 6.10 Å². The van der Waals surface area contributed by atoms with Crippen LogP contribution in [0.2, 0.25) is 0 Å². The Balaban J connectivity index is 4.15. The predicted octanol–water partition coefficient (Wildman–Crippen LogP) is 11.0. The number of esters is 2. The number of carbonyl (C=O) groups excluding carboxylic acids is 2. The zero-order valence-electron chi connectivity index (χ0n) is 32.7. The van der Waals surface area contributed by atoms with Crippen molar-refractivity contribution in [1.82, 2.24) is 0 Å². The van der Waals surface area contributed by atoms with Gasteiger partial charge in [-0.25, -0.2) is 4.57 Å². The van der Waals surface area contributed by atoms with Crippen molar-refractivity contribution in [1.29, 1.82) is 0 Å². The number of ether oxygens (including phenoxy) is 2. The summed E-state index contributed by atoms with van der Waals surface area (Å²) in [4.78, 5) is 42.7. The zero-order chi connectivity index (χ0) is 39.1. The molecule has 10 heteroatoms. The topological polar surface area (TPSA) is 140 Å². The van der Waals surface area contributed by atoms with E-state index in [9.17, 15) is 19.3 Å². The number of hydrogen-bond donors (Lipinski definition) is 3. The summed E-state index contributed by atoms with van der Waals surface area (Å²) in [5, 5.41) is 9.24. The first-order valence-corrected chi connectivity index (χ1v) is 21.4. The Bertz CT molecular complexity index is 1140. The molecule has 0 aromatic rings. The van der Waals surface area contributed by atoms with Gasteiger partial charge >= 0.3 is 19.8 Å². The second-order valence-electron chi connectivity index (χ2n) is 13.2. The Morgan fingerprint density at radius 3 is 1.45 bits per heavy atom. The van der Waals surface area contributed by atoms with Crippen LogP contribution in [0.5, 0.6) is 0 Å². The number of unbranched alkanes of at least 4 members (excludes halogenated alkanes) is 9. The van der Waals surface area contributed by atoms with Crippen LogP contribution in [0, 0.1) is 0 Å². The van der Waals surface area contributed by atoms with Crippen molar-refractivity contribution in [2.45, 2.75) is 161 Å². The molecule has 0 saturated heterocycles. The number of phosphoric acid groups is 1. The van der Waals surface area contributed by atoms with Crippen molar-refractivity contribution in [2.75, 3.05) is 13.2 Å². The largest absolute Gasteiger partial charge is 0.469 e. The third-order valence-corrected chi connectivity index (χ3v) is 8.39. The minimum atomic E-state index is -4.79. The van der Waals surface area contributed by atoms with Crippen LogP contribution in [0.25, 0.3) is 0 Å². The first-order chi connectivity index (χ1) is 25.6. The fourth-order valence-corrected chi connectivity index (χ4v) is 5.29. The number of aliphatic hydroxyl groups excluding tert-OH is 1. The van der Waals surface area contributed by atoms with Crippen LogP contribution >= 0.6 is 7.82 Å². The molecule has 302 valence electrons. The number of phosphoric ester groups is 1. The average molecular weight is 763 g/mol. The van der Waals surface area contributed by atoms with Gasteiger partial charge in [-0.05, 0) is 96.8 Å². The highest BCUT2D eigenvalue weighted by atomic mass is 31.2. The fraction of sp³-hybridized carbons (Fsp3) is 0.628. The predicted molar refractivity (Wildman–Crippen MR) is 217 cm³/mol. The lowest BCUT2D eigenvalue weighted by Crippen LogP contribution is -2.29. The van der Waals surface area contributed by atoms with E-state index in [1.54, 1.807) is 0 Å². The lowest BCUT2D eigenvalue weighted by molar-refractivity contribution is -0.161. The van der Waals surface area contributed by atoms with E-state index in [4.69, 9.17) is 19.3 Å². The Labute approximate surface area is 321 Å². The van der Waals surface area contributed by atoms with E-state index >= 15 is 0 Å². The molecule has 0 radical (unpaired) electrons. The van der Waals surface area contributed by atoms with Gasteiger partial charge in [-0.3, -0.25) is 14.1 Å². The lowest BCUT2D eigenvalue weighted by Gasteiger charge is -2.18. The second kappa shape index (κ2) is 37.5. The smallest absolute Gasteiger partial charge is 0.462 e. The summed E-state index contributed by atoms with van der Waals surface area (Å²) in [5.41, 5.74) is 0. The van der Waals surface area contributed by atoms with Crippen molar-refractivity contribution in [3.63, 3.8) is 0 Å². The van der Waals surface area contributed by atoms with Crippen molar-refractivity contribution in [2.24, 2.45) is 0 Å². The fourth-order valence-electron chi connectivity index (χ4n) is 4.93. The zero-order valence-corrected chi connectivity index (χ0v) is 33.6. The van der Waals surface area contributed by atoms with Crippen molar-refractivity contribution in [3.8, 4) is 0 Å². The van der Waals surface area contributed by atoms with Crippen molar-refractivity contribution in [3.05, 3.63) is 85.1 Å². The molecule has 9 nitrogen and oxygen atoms in total. The van der Waals surface area contributed by atoms with E-state index in [0.29, 0.717) is 25.7 Å². The molecular formula is C43H71O9P.